The molecule has 5 rings (SSSR count). The number of hydrogen-bond acceptors (Lipinski definition) is 7. The number of benzene rings is 1. The van der Waals surface area contributed by atoms with Gasteiger partial charge < -0.3 is 10.3 Å². The molecule has 0 atom stereocenters. The SMILES string of the molecule is Nc1ncnc2c1nc(Sc1nc3cccc(Cl)c3s1)n2CCC1CC1. The van der Waals surface area contributed by atoms with E-state index in [0.29, 0.717) is 11.3 Å². The predicted octanol–water partition coefficient (Wildman–Crippen LogP) is 4.62. The zero-order chi connectivity index (χ0) is 17.7. The van der Waals surface area contributed by atoms with Gasteiger partial charge in [-0.1, -0.05) is 30.5 Å². The monoisotopic (exact) mass is 402 g/mol. The van der Waals surface area contributed by atoms with Crippen LogP contribution in [-0.2, 0) is 6.54 Å². The summed E-state index contributed by atoms with van der Waals surface area (Å²) in [5, 5.41) is 1.58. The average Bonchev–Trinajstić information content (AvgIpc) is 3.25. The fraction of sp³-hybridized carbons (Fsp3) is 0.294. The van der Waals surface area contributed by atoms with Crippen molar-refractivity contribution >= 4 is 61.9 Å². The predicted molar refractivity (Wildman–Crippen MR) is 106 cm³/mol. The normalized spacial score (nSPS) is 14.5. The second-order valence-electron chi connectivity index (χ2n) is 6.38. The maximum absolute atomic E-state index is 6.29. The highest BCUT2D eigenvalue weighted by atomic mass is 35.5. The molecule has 0 spiro atoms. The lowest BCUT2D eigenvalue weighted by molar-refractivity contribution is 0.569. The van der Waals surface area contributed by atoms with Crippen LogP contribution in [0.2, 0.25) is 5.02 Å². The lowest BCUT2D eigenvalue weighted by Gasteiger charge is -2.06. The summed E-state index contributed by atoms with van der Waals surface area (Å²) in [6, 6.07) is 5.78. The van der Waals surface area contributed by atoms with Gasteiger partial charge in [0.15, 0.2) is 26.5 Å². The summed E-state index contributed by atoms with van der Waals surface area (Å²) >= 11 is 9.40. The first-order valence-electron chi connectivity index (χ1n) is 8.38. The third kappa shape index (κ3) is 2.91. The van der Waals surface area contributed by atoms with E-state index in [9.17, 15) is 0 Å². The molecule has 0 aliphatic heterocycles. The molecule has 132 valence electrons. The van der Waals surface area contributed by atoms with E-state index < -0.39 is 0 Å². The topological polar surface area (TPSA) is 82.5 Å². The Balaban J connectivity index is 1.56. The molecule has 9 heteroatoms. The molecule has 26 heavy (non-hydrogen) atoms. The van der Waals surface area contributed by atoms with E-state index in [1.54, 1.807) is 11.3 Å². The summed E-state index contributed by atoms with van der Waals surface area (Å²) in [5.74, 6) is 1.24. The average molecular weight is 403 g/mol. The number of hydrogen-bond donors (Lipinski definition) is 1. The first kappa shape index (κ1) is 16.3. The van der Waals surface area contributed by atoms with Crippen molar-refractivity contribution in [1.29, 1.82) is 0 Å². The van der Waals surface area contributed by atoms with Gasteiger partial charge in [0, 0.05) is 6.54 Å². The second-order valence-corrected chi connectivity index (χ2v) is 9.00. The van der Waals surface area contributed by atoms with Crippen LogP contribution in [0.1, 0.15) is 19.3 Å². The van der Waals surface area contributed by atoms with Crippen molar-refractivity contribution in [1.82, 2.24) is 24.5 Å². The molecule has 0 bridgehead atoms. The largest absolute Gasteiger partial charge is 0.382 e. The van der Waals surface area contributed by atoms with Crippen LogP contribution in [0.25, 0.3) is 21.4 Å². The van der Waals surface area contributed by atoms with Gasteiger partial charge in [-0.3, -0.25) is 0 Å². The van der Waals surface area contributed by atoms with Gasteiger partial charge in [0.05, 0.1) is 15.2 Å². The first-order chi connectivity index (χ1) is 12.7. The number of fused-ring (bicyclic) bond motifs is 2. The minimum Gasteiger partial charge on any atom is -0.382 e. The Morgan fingerprint density at radius 1 is 1.27 bits per heavy atom. The van der Waals surface area contributed by atoms with Crippen LogP contribution < -0.4 is 5.73 Å². The maximum Gasteiger partial charge on any atom is 0.177 e. The van der Waals surface area contributed by atoms with Crippen molar-refractivity contribution in [2.24, 2.45) is 5.92 Å². The molecule has 2 N–H and O–H groups in total. The molecule has 1 aromatic carbocycles. The summed E-state index contributed by atoms with van der Waals surface area (Å²) in [4.78, 5) is 17.9. The zero-order valence-corrected chi connectivity index (χ0v) is 16.1. The van der Waals surface area contributed by atoms with Gasteiger partial charge in [0.2, 0.25) is 0 Å². The van der Waals surface area contributed by atoms with Gasteiger partial charge in [0.1, 0.15) is 6.33 Å². The fourth-order valence-corrected chi connectivity index (χ4v) is 5.30. The van der Waals surface area contributed by atoms with Gasteiger partial charge in [-0.25, -0.2) is 19.9 Å². The zero-order valence-electron chi connectivity index (χ0n) is 13.7. The van der Waals surface area contributed by atoms with Crippen molar-refractivity contribution in [2.75, 3.05) is 5.73 Å². The highest BCUT2D eigenvalue weighted by molar-refractivity contribution is 8.01. The first-order valence-corrected chi connectivity index (χ1v) is 10.4. The van der Waals surface area contributed by atoms with Crippen LogP contribution >= 0.6 is 34.7 Å². The smallest absolute Gasteiger partial charge is 0.177 e. The van der Waals surface area contributed by atoms with Gasteiger partial charge >= 0.3 is 0 Å². The minimum atomic E-state index is 0.411. The number of aryl methyl sites for hydroxylation is 1. The van der Waals surface area contributed by atoms with E-state index in [-0.39, 0.29) is 0 Å². The van der Waals surface area contributed by atoms with Crippen molar-refractivity contribution in [2.45, 2.75) is 35.3 Å². The number of anilines is 1. The van der Waals surface area contributed by atoms with Gasteiger partial charge in [-0.2, -0.15) is 0 Å². The van der Waals surface area contributed by atoms with E-state index in [2.05, 4.69) is 19.5 Å². The van der Waals surface area contributed by atoms with Crippen molar-refractivity contribution in [3.63, 3.8) is 0 Å². The number of nitrogens with zero attached hydrogens (tertiary/aromatic N) is 5. The molecule has 0 amide bonds. The molecule has 1 saturated carbocycles. The number of nitrogen functional groups attached to an aromatic ring is 1. The maximum atomic E-state index is 6.29. The van der Waals surface area contributed by atoms with Crippen molar-refractivity contribution in [3.05, 3.63) is 29.5 Å². The Hall–Kier alpha value is -1.90. The molecule has 3 heterocycles. The molecule has 6 nitrogen and oxygen atoms in total. The summed E-state index contributed by atoms with van der Waals surface area (Å²) in [6.07, 6.45) is 5.28. The Kier molecular flexibility index (Phi) is 3.99. The third-order valence-corrected chi connectivity index (χ3v) is 7.10. The number of nitrogens with two attached hydrogens (primary N) is 1. The van der Waals surface area contributed by atoms with E-state index in [0.717, 1.165) is 49.3 Å². The molecule has 3 aromatic heterocycles. The number of thiazole rings is 1. The number of halogens is 1. The van der Waals surface area contributed by atoms with Crippen LogP contribution in [0, 0.1) is 5.92 Å². The molecule has 4 aromatic rings. The summed E-state index contributed by atoms with van der Waals surface area (Å²) in [7, 11) is 0. The molecular weight excluding hydrogens is 388 g/mol. The Morgan fingerprint density at radius 2 is 2.15 bits per heavy atom. The second kappa shape index (κ2) is 6.37. The Labute approximate surface area is 162 Å². The van der Waals surface area contributed by atoms with Gasteiger partial charge in [-0.05, 0) is 36.2 Å². The number of aromatic nitrogens is 5. The lowest BCUT2D eigenvalue weighted by atomic mass is 10.3. The minimum absolute atomic E-state index is 0.411. The molecule has 1 aliphatic rings. The quantitative estimate of drug-likeness (QED) is 0.524. The number of imidazole rings is 1. The molecule has 0 radical (unpaired) electrons. The van der Waals surface area contributed by atoms with Crippen LogP contribution in [0.4, 0.5) is 5.82 Å². The molecule has 0 saturated heterocycles. The van der Waals surface area contributed by atoms with E-state index in [4.69, 9.17) is 22.3 Å². The third-order valence-electron chi connectivity index (χ3n) is 4.51. The van der Waals surface area contributed by atoms with E-state index in [1.165, 1.54) is 30.9 Å². The summed E-state index contributed by atoms with van der Waals surface area (Å²) in [5.41, 5.74) is 8.37. The van der Waals surface area contributed by atoms with Crippen LogP contribution in [0.5, 0.6) is 0 Å². The van der Waals surface area contributed by atoms with E-state index in [1.807, 2.05) is 18.2 Å². The Morgan fingerprint density at radius 3 is 2.96 bits per heavy atom. The van der Waals surface area contributed by atoms with Crippen LogP contribution in [0.3, 0.4) is 0 Å². The van der Waals surface area contributed by atoms with Gasteiger partial charge in [0.25, 0.3) is 0 Å². The number of rotatable bonds is 5. The Bertz CT molecular complexity index is 1120. The summed E-state index contributed by atoms with van der Waals surface area (Å²) < 4.78 is 4.04. The summed E-state index contributed by atoms with van der Waals surface area (Å²) in [6.45, 7) is 0.881. The fourth-order valence-electron chi connectivity index (χ4n) is 2.95. The van der Waals surface area contributed by atoms with E-state index >= 15 is 0 Å². The standard InChI is InChI=1S/C17H15ClN6S2/c18-10-2-1-3-11-13(10)25-17(22-11)26-16-23-12-14(19)20-8-21-15(12)24(16)7-6-9-4-5-9/h1-3,8-9H,4-7H2,(H2,19,20,21). The molecule has 0 unspecified atom stereocenters. The lowest BCUT2D eigenvalue weighted by Crippen LogP contribution is -2.02. The van der Waals surface area contributed by atoms with Crippen LogP contribution in [-0.4, -0.2) is 24.5 Å². The van der Waals surface area contributed by atoms with Crippen molar-refractivity contribution in [3.8, 4) is 0 Å². The molecule has 1 fully saturated rings. The molecular formula is C17H15ClN6S2. The molecule has 1 aliphatic carbocycles. The highest BCUT2D eigenvalue weighted by Gasteiger charge is 2.23. The van der Waals surface area contributed by atoms with Crippen molar-refractivity contribution < 1.29 is 0 Å². The highest BCUT2D eigenvalue weighted by Crippen LogP contribution is 2.39. The van der Waals surface area contributed by atoms with Gasteiger partial charge in [-0.15, -0.1) is 11.3 Å². The van der Waals surface area contributed by atoms with Crippen LogP contribution in [0.15, 0.2) is 34.0 Å².